The zero-order valence-corrected chi connectivity index (χ0v) is 9.40. The molecular weight excluding hydrogens is 194 g/mol. The smallest absolute Gasteiger partial charge is 0.0480 e. The first-order valence-corrected chi connectivity index (χ1v) is 6.08. The van der Waals surface area contributed by atoms with Crippen LogP contribution in [0.25, 0.3) is 0 Å². The minimum atomic E-state index is 0.656. The van der Waals surface area contributed by atoms with Gasteiger partial charge in [-0.05, 0) is 36.8 Å². The van der Waals surface area contributed by atoms with Crippen LogP contribution in [0.3, 0.4) is 0 Å². The van der Waals surface area contributed by atoms with Gasteiger partial charge in [0.05, 0.1) is 0 Å². The van der Waals surface area contributed by atoms with E-state index in [4.69, 9.17) is 4.74 Å². The molecule has 2 nitrogen and oxygen atoms in total. The highest BCUT2D eigenvalue weighted by atomic mass is 32.1. The van der Waals surface area contributed by atoms with Gasteiger partial charge in [-0.15, -0.1) is 11.3 Å². The Kier molecular flexibility index (Phi) is 3.56. The highest BCUT2D eigenvalue weighted by molar-refractivity contribution is 7.10. The van der Waals surface area contributed by atoms with Crippen LogP contribution >= 0.6 is 11.3 Å². The second-order valence-corrected chi connectivity index (χ2v) is 4.89. The van der Waals surface area contributed by atoms with Gasteiger partial charge in [-0.3, -0.25) is 0 Å². The van der Waals surface area contributed by atoms with E-state index in [0.717, 1.165) is 32.6 Å². The standard InChI is InChI=1S/C11H17NOS/c1-9-10(4-7-14-9)8-12-11-2-5-13-6-3-11/h4,7,11-12H,2-3,5-6,8H2,1H3. The van der Waals surface area contributed by atoms with Crippen LogP contribution in [0, 0.1) is 6.92 Å². The molecule has 1 N–H and O–H groups in total. The summed E-state index contributed by atoms with van der Waals surface area (Å²) in [5.41, 5.74) is 1.45. The van der Waals surface area contributed by atoms with Crippen molar-refractivity contribution in [3.63, 3.8) is 0 Å². The second-order valence-electron chi connectivity index (χ2n) is 3.77. The Hall–Kier alpha value is -0.380. The fraction of sp³-hybridized carbons (Fsp3) is 0.636. The quantitative estimate of drug-likeness (QED) is 0.828. The zero-order chi connectivity index (χ0) is 9.80. The second kappa shape index (κ2) is 4.91. The molecule has 14 heavy (non-hydrogen) atoms. The highest BCUT2D eigenvalue weighted by Crippen LogP contribution is 2.15. The van der Waals surface area contributed by atoms with E-state index in [9.17, 15) is 0 Å². The van der Waals surface area contributed by atoms with Crippen molar-refractivity contribution < 1.29 is 4.74 Å². The molecule has 0 saturated carbocycles. The number of hydrogen-bond donors (Lipinski definition) is 1. The maximum absolute atomic E-state index is 5.32. The normalized spacial score (nSPS) is 18.6. The lowest BCUT2D eigenvalue weighted by molar-refractivity contribution is 0.0776. The van der Waals surface area contributed by atoms with E-state index in [1.165, 1.54) is 10.4 Å². The summed E-state index contributed by atoms with van der Waals surface area (Å²) in [6, 6.07) is 2.87. The predicted molar refractivity (Wildman–Crippen MR) is 59.7 cm³/mol. The summed E-state index contributed by atoms with van der Waals surface area (Å²) < 4.78 is 5.32. The Morgan fingerprint density at radius 3 is 2.93 bits per heavy atom. The van der Waals surface area contributed by atoms with E-state index < -0.39 is 0 Å². The summed E-state index contributed by atoms with van der Waals surface area (Å²) in [7, 11) is 0. The van der Waals surface area contributed by atoms with Gasteiger partial charge in [0, 0.05) is 30.7 Å². The number of nitrogens with one attached hydrogen (secondary N) is 1. The third kappa shape index (κ3) is 2.56. The number of rotatable bonds is 3. The summed E-state index contributed by atoms with van der Waals surface area (Å²) in [6.07, 6.45) is 2.31. The number of thiophene rings is 1. The van der Waals surface area contributed by atoms with Gasteiger partial charge in [-0.25, -0.2) is 0 Å². The van der Waals surface area contributed by atoms with Crippen molar-refractivity contribution in [2.75, 3.05) is 13.2 Å². The molecule has 1 aliphatic heterocycles. The lowest BCUT2D eigenvalue weighted by Gasteiger charge is -2.23. The summed E-state index contributed by atoms with van der Waals surface area (Å²) >= 11 is 1.83. The lowest BCUT2D eigenvalue weighted by atomic mass is 10.1. The number of ether oxygens (including phenoxy) is 1. The maximum atomic E-state index is 5.32. The van der Waals surface area contributed by atoms with Crippen LogP contribution in [0.5, 0.6) is 0 Å². The van der Waals surface area contributed by atoms with Crippen LogP contribution in [0.15, 0.2) is 11.4 Å². The van der Waals surface area contributed by atoms with Crippen molar-refractivity contribution in [3.8, 4) is 0 Å². The van der Waals surface area contributed by atoms with Crippen LogP contribution in [0.4, 0.5) is 0 Å². The molecule has 2 rings (SSSR count). The van der Waals surface area contributed by atoms with E-state index in [1.54, 1.807) is 0 Å². The summed E-state index contributed by atoms with van der Waals surface area (Å²) in [4.78, 5) is 1.43. The molecule has 1 fully saturated rings. The monoisotopic (exact) mass is 211 g/mol. The Balaban J connectivity index is 1.79. The van der Waals surface area contributed by atoms with Crippen molar-refractivity contribution in [1.29, 1.82) is 0 Å². The molecular formula is C11H17NOS. The molecule has 0 amide bonds. The first-order chi connectivity index (χ1) is 6.86. The summed E-state index contributed by atoms with van der Waals surface area (Å²) in [5, 5.41) is 5.75. The van der Waals surface area contributed by atoms with Crippen molar-refractivity contribution in [1.82, 2.24) is 5.32 Å². The van der Waals surface area contributed by atoms with Gasteiger partial charge >= 0.3 is 0 Å². The van der Waals surface area contributed by atoms with Gasteiger partial charge in [0.2, 0.25) is 0 Å². The Morgan fingerprint density at radius 2 is 2.29 bits per heavy atom. The molecule has 0 aliphatic carbocycles. The molecule has 1 aromatic rings. The Morgan fingerprint density at radius 1 is 1.50 bits per heavy atom. The molecule has 1 aromatic heterocycles. The van der Waals surface area contributed by atoms with Crippen molar-refractivity contribution in [2.45, 2.75) is 32.4 Å². The molecule has 1 aliphatic rings. The SMILES string of the molecule is Cc1sccc1CNC1CCOCC1. The van der Waals surface area contributed by atoms with Crippen LogP contribution in [0.1, 0.15) is 23.3 Å². The fourth-order valence-corrected chi connectivity index (χ4v) is 2.48. The molecule has 0 atom stereocenters. The maximum Gasteiger partial charge on any atom is 0.0480 e. The van der Waals surface area contributed by atoms with Gasteiger partial charge < -0.3 is 10.1 Å². The first kappa shape index (κ1) is 10.1. The molecule has 0 spiro atoms. The molecule has 78 valence electrons. The average Bonchev–Trinajstić information content (AvgIpc) is 2.63. The largest absolute Gasteiger partial charge is 0.381 e. The van der Waals surface area contributed by atoms with Crippen LogP contribution in [0.2, 0.25) is 0 Å². The van der Waals surface area contributed by atoms with Gasteiger partial charge in [0.15, 0.2) is 0 Å². The van der Waals surface area contributed by atoms with E-state index >= 15 is 0 Å². The first-order valence-electron chi connectivity index (χ1n) is 5.20. The summed E-state index contributed by atoms with van der Waals surface area (Å²) in [6.45, 7) is 5.03. The van der Waals surface area contributed by atoms with Crippen LogP contribution in [-0.2, 0) is 11.3 Å². The molecule has 0 unspecified atom stereocenters. The van der Waals surface area contributed by atoms with Crippen molar-refractivity contribution in [2.24, 2.45) is 0 Å². The minimum absolute atomic E-state index is 0.656. The van der Waals surface area contributed by atoms with E-state index in [1.807, 2.05) is 11.3 Å². The molecule has 0 radical (unpaired) electrons. The third-order valence-electron chi connectivity index (χ3n) is 2.77. The average molecular weight is 211 g/mol. The van der Waals surface area contributed by atoms with Gasteiger partial charge in [0.1, 0.15) is 0 Å². The van der Waals surface area contributed by atoms with E-state index in [-0.39, 0.29) is 0 Å². The minimum Gasteiger partial charge on any atom is -0.381 e. The van der Waals surface area contributed by atoms with Crippen LogP contribution < -0.4 is 5.32 Å². The van der Waals surface area contributed by atoms with E-state index in [0.29, 0.717) is 6.04 Å². The predicted octanol–water partition coefficient (Wildman–Crippen LogP) is 2.33. The molecule has 0 bridgehead atoms. The van der Waals surface area contributed by atoms with Crippen molar-refractivity contribution >= 4 is 11.3 Å². The number of aryl methyl sites for hydroxylation is 1. The molecule has 2 heterocycles. The molecule has 1 saturated heterocycles. The lowest BCUT2D eigenvalue weighted by Crippen LogP contribution is -2.34. The van der Waals surface area contributed by atoms with Gasteiger partial charge in [-0.1, -0.05) is 0 Å². The molecule has 3 heteroatoms. The topological polar surface area (TPSA) is 21.3 Å². The summed E-state index contributed by atoms with van der Waals surface area (Å²) in [5.74, 6) is 0. The van der Waals surface area contributed by atoms with Gasteiger partial charge in [-0.2, -0.15) is 0 Å². The fourth-order valence-electron chi connectivity index (χ4n) is 1.75. The van der Waals surface area contributed by atoms with Gasteiger partial charge in [0.25, 0.3) is 0 Å². The number of hydrogen-bond acceptors (Lipinski definition) is 3. The third-order valence-corrected chi connectivity index (χ3v) is 3.66. The highest BCUT2D eigenvalue weighted by Gasteiger charge is 2.12. The molecule has 0 aromatic carbocycles. The Bertz CT molecular complexity index is 279. The van der Waals surface area contributed by atoms with Crippen molar-refractivity contribution in [3.05, 3.63) is 21.9 Å². The zero-order valence-electron chi connectivity index (χ0n) is 8.58. The van der Waals surface area contributed by atoms with E-state index in [2.05, 4.69) is 23.7 Å². The van der Waals surface area contributed by atoms with Crippen LogP contribution in [-0.4, -0.2) is 19.3 Å². The Labute approximate surface area is 89.3 Å².